The molecule has 0 unspecified atom stereocenters. The highest BCUT2D eigenvalue weighted by Crippen LogP contribution is 2.20. The van der Waals surface area contributed by atoms with Gasteiger partial charge >= 0.3 is 0 Å². The first-order valence-electron chi connectivity index (χ1n) is 6.52. The first-order valence-corrected chi connectivity index (χ1v) is 6.52. The van der Waals surface area contributed by atoms with Crippen LogP contribution in [-0.2, 0) is 11.3 Å². The van der Waals surface area contributed by atoms with E-state index in [9.17, 15) is 0 Å². The van der Waals surface area contributed by atoms with E-state index in [1.165, 1.54) is 18.4 Å². The van der Waals surface area contributed by atoms with Crippen molar-refractivity contribution in [2.45, 2.75) is 25.4 Å². The molecule has 1 saturated carbocycles. The number of hydrogen-bond donors (Lipinski definition) is 2. The number of aliphatic hydroxyl groups is 1. The molecule has 0 spiro atoms. The average Bonchev–Trinajstić information content (AvgIpc) is 3.21. The summed E-state index contributed by atoms with van der Waals surface area (Å²) in [5.41, 5.74) is 1.25. The van der Waals surface area contributed by atoms with Crippen molar-refractivity contribution >= 4 is 0 Å². The summed E-state index contributed by atoms with van der Waals surface area (Å²) < 4.78 is 10.7. The SMILES string of the molecule is OCCOCCOc1cccc(CNC2CC2)c1. The molecule has 1 aromatic rings. The molecule has 4 heteroatoms. The monoisotopic (exact) mass is 251 g/mol. The highest BCUT2D eigenvalue weighted by Gasteiger charge is 2.19. The summed E-state index contributed by atoms with van der Waals surface area (Å²) in [5, 5.41) is 12.0. The van der Waals surface area contributed by atoms with Crippen LogP contribution >= 0.6 is 0 Å². The lowest BCUT2D eigenvalue weighted by Crippen LogP contribution is -2.15. The lowest BCUT2D eigenvalue weighted by Gasteiger charge is -2.08. The van der Waals surface area contributed by atoms with E-state index >= 15 is 0 Å². The maximum absolute atomic E-state index is 8.56. The quantitative estimate of drug-likeness (QED) is 0.650. The van der Waals surface area contributed by atoms with Crippen molar-refractivity contribution in [1.29, 1.82) is 0 Å². The summed E-state index contributed by atoms with van der Waals surface area (Å²) in [6.07, 6.45) is 2.61. The predicted octanol–water partition coefficient (Wildman–Crippen LogP) is 1.33. The summed E-state index contributed by atoms with van der Waals surface area (Å²) in [7, 11) is 0. The number of benzene rings is 1. The fourth-order valence-corrected chi connectivity index (χ4v) is 1.68. The van der Waals surface area contributed by atoms with Crippen LogP contribution in [0.2, 0.25) is 0 Å². The third kappa shape index (κ3) is 5.04. The summed E-state index contributed by atoms with van der Waals surface area (Å²) in [6.45, 7) is 2.35. The standard InChI is InChI=1S/C14H21NO3/c16-6-7-17-8-9-18-14-3-1-2-12(10-14)11-15-13-4-5-13/h1-3,10,13,15-16H,4-9,11H2. The lowest BCUT2D eigenvalue weighted by molar-refractivity contribution is 0.0705. The Kier molecular flexibility index (Phi) is 5.45. The van der Waals surface area contributed by atoms with E-state index in [4.69, 9.17) is 14.6 Å². The summed E-state index contributed by atoms with van der Waals surface area (Å²) in [4.78, 5) is 0. The van der Waals surface area contributed by atoms with Gasteiger partial charge in [0.15, 0.2) is 0 Å². The normalized spacial score (nSPS) is 14.7. The van der Waals surface area contributed by atoms with Gasteiger partial charge < -0.3 is 19.9 Å². The maximum Gasteiger partial charge on any atom is 0.119 e. The third-order valence-electron chi connectivity index (χ3n) is 2.80. The summed E-state index contributed by atoms with van der Waals surface area (Å²) >= 11 is 0. The Hall–Kier alpha value is -1.10. The fraction of sp³-hybridized carbons (Fsp3) is 0.571. The molecule has 2 N–H and O–H groups in total. The van der Waals surface area contributed by atoms with Crippen molar-refractivity contribution < 1.29 is 14.6 Å². The topological polar surface area (TPSA) is 50.7 Å². The molecule has 1 fully saturated rings. The lowest BCUT2D eigenvalue weighted by atomic mass is 10.2. The van der Waals surface area contributed by atoms with Crippen molar-refractivity contribution in [2.75, 3.05) is 26.4 Å². The minimum atomic E-state index is 0.0579. The van der Waals surface area contributed by atoms with E-state index in [1.807, 2.05) is 12.1 Å². The first-order chi connectivity index (χ1) is 8.88. The van der Waals surface area contributed by atoms with Gasteiger partial charge in [-0.2, -0.15) is 0 Å². The smallest absolute Gasteiger partial charge is 0.119 e. The summed E-state index contributed by atoms with van der Waals surface area (Å²) in [6, 6.07) is 8.84. The van der Waals surface area contributed by atoms with Crippen molar-refractivity contribution in [2.24, 2.45) is 0 Å². The van der Waals surface area contributed by atoms with Gasteiger partial charge in [0.2, 0.25) is 0 Å². The number of nitrogens with one attached hydrogen (secondary N) is 1. The Labute approximate surface area is 108 Å². The van der Waals surface area contributed by atoms with E-state index in [0.29, 0.717) is 19.8 Å². The van der Waals surface area contributed by atoms with Crippen LogP contribution in [0.15, 0.2) is 24.3 Å². The van der Waals surface area contributed by atoms with Crippen LogP contribution in [0, 0.1) is 0 Å². The van der Waals surface area contributed by atoms with Crippen molar-refractivity contribution in [1.82, 2.24) is 5.32 Å². The zero-order chi connectivity index (χ0) is 12.6. The van der Waals surface area contributed by atoms with Gasteiger partial charge in [0, 0.05) is 12.6 Å². The highest BCUT2D eigenvalue weighted by molar-refractivity contribution is 5.28. The highest BCUT2D eigenvalue weighted by atomic mass is 16.5. The molecule has 2 rings (SSSR count). The Morgan fingerprint density at radius 1 is 1.22 bits per heavy atom. The van der Waals surface area contributed by atoms with Crippen LogP contribution in [0.5, 0.6) is 5.75 Å². The minimum absolute atomic E-state index is 0.0579. The van der Waals surface area contributed by atoms with E-state index in [-0.39, 0.29) is 6.61 Å². The first kappa shape index (κ1) is 13.3. The molecule has 0 saturated heterocycles. The molecule has 1 aromatic carbocycles. The van der Waals surface area contributed by atoms with Gasteiger partial charge in [0.25, 0.3) is 0 Å². The van der Waals surface area contributed by atoms with Gasteiger partial charge in [-0.3, -0.25) is 0 Å². The molecule has 0 radical (unpaired) electrons. The molecule has 1 aliphatic carbocycles. The molecule has 18 heavy (non-hydrogen) atoms. The number of aliphatic hydroxyl groups excluding tert-OH is 1. The van der Waals surface area contributed by atoms with Crippen LogP contribution < -0.4 is 10.1 Å². The Morgan fingerprint density at radius 2 is 2.11 bits per heavy atom. The fourth-order valence-electron chi connectivity index (χ4n) is 1.68. The van der Waals surface area contributed by atoms with Crippen LogP contribution in [-0.4, -0.2) is 37.6 Å². The molecule has 1 aliphatic rings. The Bertz CT molecular complexity index is 353. The zero-order valence-corrected chi connectivity index (χ0v) is 10.6. The molecule has 4 nitrogen and oxygen atoms in total. The number of ether oxygens (including phenoxy) is 2. The van der Waals surface area contributed by atoms with Crippen molar-refractivity contribution in [3.8, 4) is 5.75 Å². The molecule has 0 aliphatic heterocycles. The third-order valence-corrected chi connectivity index (χ3v) is 2.80. The van der Waals surface area contributed by atoms with E-state index < -0.39 is 0 Å². The molecule has 0 heterocycles. The predicted molar refractivity (Wildman–Crippen MR) is 69.7 cm³/mol. The molecule has 0 aromatic heterocycles. The maximum atomic E-state index is 8.56. The van der Waals surface area contributed by atoms with Gasteiger partial charge in [-0.05, 0) is 30.5 Å². The van der Waals surface area contributed by atoms with Crippen molar-refractivity contribution in [3.05, 3.63) is 29.8 Å². The molecular formula is C14H21NO3. The summed E-state index contributed by atoms with van der Waals surface area (Å²) in [5.74, 6) is 0.873. The van der Waals surface area contributed by atoms with Gasteiger partial charge in [-0.25, -0.2) is 0 Å². The zero-order valence-electron chi connectivity index (χ0n) is 10.6. The van der Waals surface area contributed by atoms with Gasteiger partial charge in [-0.1, -0.05) is 12.1 Å². The largest absolute Gasteiger partial charge is 0.491 e. The molecular weight excluding hydrogens is 230 g/mol. The second kappa shape index (κ2) is 7.36. The average molecular weight is 251 g/mol. The van der Waals surface area contributed by atoms with Crippen LogP contribution in [0.1, 0.15) is 18.4 Å². The van der Waals surface area contributed by atoms with Crippen LogP contribution in [0.3, 0.4) is 0 Å². The molecule has 0 amide bonds. The Morgan fingerprint density at radius 3 is 2.89 bits per heavy atom. The molecule has 0 atom stereocenters. The van der Waals surface area contributed by atoms with E-state index in [0.717, 1.165) is 18.3 Å². The molecule has 0 bridgehead atoms. The van der Waals surface area contributed by atoms with E-state index in [1.54, 1.807) is 0 Å². The van der Waals surface area contributed by atoms with Crippen molar-refractivity contribution in [3.63, 3.8) is 0 Å². The Balaban J connectivity index is 1.68. The second-order valence-corrected chi connectivity index (χ2v) is 4.49. The van der Waals surface area contributed by atoms with Gasteiger partial charge in [0.05, 0.1) is 19.8 Å². The second-order valence-electron chi connectivity index (χ2n) is 4.49. The number of hydrogen-bond acceptors (Lipinski definition) is 4. The van der Waals surface area contributed by atoms with Gasteiger partial charge in [0.1, 0.15) is 12.4 Å². The minimum Gasteiger partial charge on any atom is -0.491 e. The van der Waals surface area contributed by atoms with Crippen LogP contribution in [0.25, 0.3) is 0 Å². The van der Waals surface area contributed by atoms with Crippen LogP contribution in [0.4, 0.5) is 0 Å². The number of rotatable bonds is 9. The van der Waals surface area contributed by atoms with Gasteiger partial charge in [-0.15, -0.1) is 0 Å². The van der Waals surface area contributed by atoms with E-state index in [2.05, 4.69) is 17.4 Å². The molecule has 100 valence electrons.